The van der Waals surface area contributed by atoms with Gasteiger partial charge in [-0.2, -0.15) is 13.9 Å². The van der Waals surface area contributed by atoms with Crippen molar-refractivity contribution in [2.45, 2.75) is 25.8 Å². The summed E-state index contributed by atoms with van der Waals surface area (Å²) in [6.45, 7) is 0.812. The molecule has 0 aliphatic carbocycles. The number of nitrogens with one attached hydrogen (secondary N) is 1. The summed E-state index contributed by atoms with van der Waals surface area (Å²) in [6, 6.07) is 16.4. The van der Waals surface area contributed by atoms with E-state index in [1.54, 1.807) is 47.8 Å². The van der Waals surface area contributed by atoms with Gasteiger partial charge in [0.05, 0.1) is 17.9 Å². The van der Waals surface area contributed by atoms with Crippen molar-refractivity contribution in [3.63, 3.8) is 0 Å². The van der Waals surface area contributed by atoms with Gasteiger partial charge in [0.25, 0.3) is 11.8 Å². The minimum absolute atomic E-state index is 0.0377. The quantitative estimate of drug-likeness (QED) is 0.172. The number of para-hydroxylation sites is 1. The molecule has 0 bridgehead atoms. The second kappa shape index (κ2) is 11.7. The molecule has 0 atom stereocenters. The predicted octanol–water partition coefficient (Wildman–Crippen LogP) is 3.75. The van der Waals surface area contributed by atoms with E-state index in [0.29, 0.717) is 47.4 Å². The number of esters is 1. The van der Waals surface area contributed by atoms with Crippen LogP contribution >= 0.6 is 0 Å². The molecule has 0 radical (unpaired) electrons. The topological polar surface area (TPSA) is 135 Å². The van der Waals surface area contributed by atoms with E-state index in [1.165, 1.54) is 11.0 Å². The van der Waals surface area contributed by atoms with E-state index < -0.39 is 29.5 Å². The van der Waals surface area contributed by atoms with E-state index in [1.807, 2.05) is 30.3 Å². The molecular formula is C30H30F2N6O5. The van der Waals surface area contributed by atoms with Gasteiger partial charge in [-0.25, -0.2) is 9.31 Å². The van der Waals surface area contributed by atoms with Crippen molar-refractivity contribution in [3.05, 3.63) is 83.4 Å². The summed E-state index contributed by atoms with van der Waals surface area (Å²) in [6.07, 6.45) is 1.61. The van der Waals surface area contributed by atoms with Crippen molar-refractivity contribution in [3.8, 4) is 22.8 Å². The number of benzene rings is 2. The number of imidazole rings is 1. The highest BCUT2D eigenvalue weighted by molar-refractivity contribution is 6.05. The molecule has 224 valence electrons. The Morgan fingerprint density at radius 3 is 2.40 bits per heavy atom. The number of ether oxygens (including phenoxy) is 2. The van der Waals surface area contributed by atoms with Crippen molar-refractivity contribution in [2.24, 2.45) is 5.73 Å². The van der Waals surface area contributed by atoms with Gasteiger partial charge in [-0.1, -0.05) is 18.2 Å². The number of carbonyl (C=O) groups is 3. The van der Waals surface area contributed by atoms with E-state index in [2.05, 4.69) is 10.1 Å². The number of primary amides is 1. The normalized spacial score (nSPS) is 13.7. The lowest BCUT2D eigenvalue weighted by Gasteiger charge is -2.27. The first-order valence-corrected chi connectivity index (χ1v) is 13.4. The van der Waals surface area contributed by atoms with Crippen molar-refractivity contribution < 1.29 is 32.6 Å². The maximum atomic E-state index is 13.5. The lowest BCUT2D eigenvalue weighted by atomic mass is 10.1. The molecule has 0 saturated heterocycles. The molecule has 11 nitrogen and oxygen atoms in total. The zero-order valence-electron chi connectivity index (χ0n) is 23.8. The predicted molar refractivity (Wildman–Crippen MR) is 152 cm³/mol. The Bertz CT molecular complexity index is 1700. The first-order valence-electron chi connectivity index (χ1n) is 13.4. The summed E-state index contributed by atoms with van der Waals surface area (Å²) >= 11 is 0. The SMILES string of the molecule is CN(C)C/C=C(\OC(=O)C(C)(F)F)C(=O)N1CCc2c([nH]c3c(C(N)=O)c(-c4ccc(Oc5ccccc5)cc4)nn23)C1. The number of fused-ring (bicyclic) bond motifs is 3. The fraction of sp³-hybridized carbons (Fsp3) is 0.267. The van der Waals surface area contributed by atoms with Gasteiger partial charge >= 0.3 is 11.9 Å². The van der Waals surface area contributed by atoms with E-state index in [9.17, 15) is 23.2 Å². The number of H-pyrrole nitrogens is 1. The van der Waals surface area contributed by atoms with Crippen LogP contribution in [0.2, 0.25) is 0 Å². The van der Waals surface area contributed by atoms with Crippen LogP contribution in [-0.2, 0) is 27.3 Å². The Morgan fingerprint density at radius 2 is 1.77 bits per heavy atom. The maximum absolute atomic E-state index is 13.5. The molecule has 13 heteroatoms. The smallest absolute Gasteiger partial charge is 0.382 e. The Labute approximate surface area is 245 Å². The van der Waals surface area contributed by atoms with Crippen LogP contribution in [0.15, 0.2) is 66.4 Å². The molecule has 2 amide bonds. The number of nitrogens with zero attached hydrogens (tertiary/aromatic N) is 4. The zero-order chi connectivity index (χ0) is 30.9. The summed E-state index contributed by atoms with van der Waals surface area (Å²) in [5.41, 5.74) is 8.67. The number of nitrogens with two attached hydrogens (primary N) is 1. The molecule has 3 N–H and O–H groups in total. The van der Waals surface area contributed by atoms with Crippen molar-refractivity contribution in [1.82, 2.24) is 24.4 Å². The third-order valence-corrected chi connectivity index (χ3v) is 6.78. The molecule has 5 rings (SSSR count). The number of amides is 2. The fourth-order valence-corrected chi connectivity index (χ4v) is 4.67. The molecule has 2 aromatic carbocycles. The molecule has 1 aliphatic heterocycles. The molecule has 0 spiro atoms. The number of rotatable bonds is 9. The largest absolute Gasteiger partial charge is 0.457 e. The molecule has 2 aromatic heterocycles. The molecular weight excluding hydrogens is 562 g/mol. The molecule has 4 aromatic rings. The summed E-state index contributed by atoms with van der Waals surface area (Å²) in [5.74, 6) is -6.19. The van der Waals surface area contributed by atoms with Gasteiger partial charge in [0, 0.05) is 32.0 Å². The van der Waals surface area contributed by atoms with Crippen LogP contribution in [0.4, 0.5) is 8.78 Å². The van der Waals surface area contributed by atoms with Crippen LogP contribution in [0.3, 0.4) is 0 Å². The lowest BCUT2D eigenvalue weighted by molar-refractivity contribution is -0.167. The van der Waals surface area contributed by atoms with Gasteiger partial charge in [0.1, 0.15) is 28.4 Å². The van der Waals surface area contributed by atoms with Crippen LogP contribution in [0, 0.1) is 0 Å². The van der Waals surface area contributed by atoms with Gasteiger partial charge in [-0.05, 0) is 56.6 Å². The number of alkyl halides is 2. The number of aromatic nitrogens is 3. The Kier molecular flexibility index (Phi) is 8.00. The molecule has 0 saturated carbocycles. The van der Waals surface area contributed by atoms with Gasteiger partial charge in [0.2, 0.25) is 0 Å². The minimum Gasteiger partial charge on any atom is -0.457 e. The zero-order valence-corrected chi connectivity index (χ0v) is 23.8. The molecule has 1 aliphatic rings. The lowest BCUT2D eigenvalue weighted by Crippen LogP contribution is -2.39. The van der Waals surface area contributed by atoms with Crippen molar-refractivity contribution in [1.29, 1.82) is 0 Å². The van der Waals surface area contributed by atoms with Crippen LogP contribution < -0.4 is 10.5 Å². The maximum Gasteiger partial charge on any atom is 0.382 e. The molecule has 3 heterocycles. The first-order chi connectivity index (χ1) is 20.4. The second-order valence-electron chi connectivity index (χ2n) is 10.4. The van der Waals surface area contributed by atoms with E-state index in [-0.39, 0.29) is 25.2 Å². The van der Waals surface area contributed by atoms with Gasteiger partial charge in [-0.3, -0.25) is 9.59 Å². The van der Waals surface area contributed by atoms with E-state index in [4.69, 9.17) is 15.2 Å². The third-order valence-electron chi connectivity index (χ3n) is 6.78. The number of aromatic amines is 1. The number of likely N-dealkylation sites (N-methyl/N-ethyl adjacent to an activating group) is 1. The van der Waals surface area contributed by atoms with Crippen LogP contribution in [-0.4, -0.2) is 75.3 Å². The average Bonchev–Trinajstić information content (AvgIpc) is 3.51. The van der Waals surface area contributed by atoms with Gasteiger partial charge in [0.15, 0.2) is 5.76 Å². The number of carbonyl (C=O) groups excluding carboxylic acids is 3. The standard InChI is InChI=1S/C30H30F2N6O5/c1-30(31,32)29(41)43-23(14-15-36(2)3)28(40)37-16-13-22-21(17-37)34-27-24(26(33)39)25(35-38(22)27)18-9-11-20(12-10-18)42-19-7-5-4-6-8-19/h4-12,14,34H,13,15-17H2,1-3H3,(H2,33,39)/b23-14-. The summed E-state index contributed by atoms with van der Waals surface area (Å²) in [4.78, 5) is 44.0. The number of halogens is 2. The van der Waals surface area contributed by atoms with Crippen LogP contribution in [0.25, 0.3) is 16.9 Å². The van der Waals surface area contributed by atoms with Crippen LogP contribution in [0.5, 0.6) is 11.5 Å². The van der Waals surface area contributed by atoms with E-state index in [0.717, 1.165) is 5.69 Å². The highest BCUT2D eigenvalue weighted by atomic mass is 19.3. The third kappa shape index (κ3) is 6.26. The van der Waals surface area contributed by atoms with Crippen molar-refractivity contribution >= 4 is 23.4 Å². The Hall–Kier alpha value is -5.04. The molecule has 0 unspecified atom stereocenters. The minimum atomic E-state index is -3.77. The highest BCUT2D eigenvalue weighted by Crippen LogP contribution is 2.32. The second-order valence-corrected chi connectivity index (χ2v) is 10.4. The van der Waals surface area contributed by atoms with Crippen LogP contribution in [0.1, 0.15) is 28.7 Å². The summed E-state index contributed by atoms with van der Waals surface area (Å²) < 4.78 is 39.3. The monoisotopic (exact) mass is 592 g/mol. The Balaban J connectivity index is 1.41. The first kappa shape index (κ1) is 29.5. The summed E-state index contributed by atoms with van der Waals surface area (Å²) in [5, 5.41) is 4.68. The molecule has 43 heavy (non-hydrogen) atoms. The fourth-order valence-electron chi connectivity index (χ4n) is 4.67. The highest BCUT2D eigenvalue weighted by Gasteiger charge is 2.38. The molecule has 0 fully saturated rings. The average molecular weight is 593 g/mol. The van der Waals surface area contributed by atoms with Crippen molar-refractivity contribution in [2.75, 3.05) is 27.2 Å². The van der Waals surface area contributed by atoms with Gasteiger partial charge in [-0.15, -0.1) is 0 Å². The van der Waals surface area contributed by atoms with E-state index >= 15 is 0 Å². The Morgan fingerprint density at radius 1 is 1.09 bits per heavy atom. The number of hydrogen-bond donors (Lipinski definition) is 2. The summed E-state index contributed by atoms with van der Waals surface area (Å²) in [7, 11) is 3.43. The van der Waals surface area contributed by atoms with Gasteiger partial charge < -0.3 is 30.0 Å². The number of hydrogen-bond acceptors (Lipinski definition) is 7.